The third-order valence-electron chi connectivity index (χ3n) is 4.67. The third-order valence-corrected chi connectivity index (χ3v) is 6.52. The Morgan fingerprint density at radius 1 is 1.19 bits per heavy atom. The SMILES string of the molecule is Cn1c(NCc2ccco2)nc2c1c(=O)n(CCC[Si](C)(C)C)c(=O)n2C. The van der Waals surface area contributed by atoms with Crippen LogP contribution in [0.15, 0.2) is 32.4 Å². The zero-order valence-electron chi connectivity index (χ0n) is 16.6. The summed E-state index contributed by atoms with van der Waals surface area (Å²) < 4.78 is 9.79. The topological polar surface area (TPSA) is 87.0 Å². The van der Waals surface area contributed by atoms with E-state index in [9.17, 15) is 9.59 Å². The molecule has 27 heavy (non-hydrogen) atoms. The molecule has 0 saturated carbocycles. The molecule has 3 aromatic rings. The summed E-state index contributed by atoms with van der Waals surface area (Å²) in [5.74, 6) is 1.29. The number of aryl methyl sites for hydroxylation is 2. The van der Waals surface area contributed by atoms with Crippen LogP contribution in [0.4, 0.5) is 5.95 Å². The van der Waals surface area contributed by atoms with Gasteiger partial charge >= 0.3 is 5.69 Å². The summed E-state index contributed by atoms with van der Waals surface area (Å²) in [6, 6.07) is 4.74. The van der Waals surface area contributed by atoms with Crippen molar-refractivity contribution in [3.05, 3.63) is 45.0 Å². The molecule has 0 aliphatic heterocycles. The second-order valence-electron chi connectivity index (χ2n) is 8.06. The quantitative estimate of drug-likeness (QED) is 0.627. The van der Waals surface area contributed by atoms with Gasteiger partial charge in [-0.05, 0) is 18.6 Å². The van der Waals surface area contributed by atoms with E-state index in [1.54, 1.807) is 24.9 Å². The van der Waals surface area contributed by atoms with E-state index in [0.29, 0.717) is 30.2 Å². The lowest BCUT2D eigenvalue weighted by Crippen LogP contribution is -2.40. The first-order valence-electron chi connectivity index (χ1n) is 9.11. The Labute approximate surface area is 158 Å². The number of nitrogens with zero attached hydrogens (tertiary/aromatic N) is 4. The molecule has 0 aliphatic carbocycles. The highest BCUT2D eigenvalue weighted by Gasteiger charge is 2.19. The van der Waals surface area contributed by atoms with Gasteiger partial charge in [-0.3, -0.25) is 13.9 Å². The molecule has 146 valence electrons. The first-order valence-corrected chi connectivity index (χ1v) is 12.8. The van der Waals surface area contributed by atoms with Crippen molar-refractivity contribution in [2.45, 2.75) is 45.2 Å². The van der Waals surface area contributed by atoms with Gasteiger partial charge in [0.1, 0.15) is 5.76 Å². The monoisotopic (exact) mass is 389 g/mol. The Bertz CT molecular complexity index is 1050. The number of hydrogen-bond acceptors (Lipinski definition) is 5. The van der Waals surface area contributed by atoms with Crippen LogP contribution in [0.5, 0.6) is 0 Å². The molecule has 0 radical (unpaired) electrons. The van der Waals surface area contributed by atoms with Crippen molar-refractivity contribution in [2.24, 2.45) is 14.1 Å². The summed E-state index contributed by atoms with van der Waals surface area (Å²) in [6.07, 6.45) is 2.44. The number of aromatic nitrogens is 4. The van der Waals surface area contributed by atoms with Gasteiger partial charge in [-0.25, -0.2) is 4.79 Å². The van der Waals surface area contributed by atoms with Gasteiger partial charge in [0.15, 0.2) is 11.2 Å². The van der Waals surface area contributed by atoms with Crippen molar-refractivity contribution in [1.82, 2.24) is 18.7 Å². The van der Waals surface area contributed by atoms with E-state index in [4.69, 9.17) is 4.42 Å². The van der Waals surface area contributed by atoms with Gasteiger partial charge in [0, 0.05) is 28.7 Å². The van der Waals surface area contributed by atoms with E-state index in [0.717, 1.165) is 18.2 Å². The highest BCUT2D eigenvalue weighted by Crippen LogP contribution is 2.15. The van der Waals surface area contributed by atoms with Crippen LogP contribution in [0.1, 0.15) is 12.2 Å². The van der Waals surface area contributed by atoms with Crippen LogP contribution in [-0.4, -0.2) is 26.8 Å². The molecule has 3 rings (SSSR count). The Balaban J connectivity index is 1.96. The molecule has 0 amide bonds. The number of furan rings is 1. The minimum Gasteiger partial charge on any atom is -0.467 e. The fourth-order valence-electron chi connectivity index (χ4n) is 3.15. The Morgan fingerprint density at radius 2 is 1.93 bits per heavy atom. The Morgan fingerprint density at radius 3 is 2.56 bits per heavy atom. The maximum absolute atomic E-state index is 13.0. The molecule has 0 fully saturated rings. The van der Waals surface area contributed by atoms with E-state index in [2.05, 4.69) is 29.9 Å². The number of hydrogen-bond donors (Lipinski definition) is 1. The van der Waals surface area contributed by atoms with E-state index in [-0.39, 0.29) is 11.2 Å². The highest BCUT2D eigenvalue weighted by atomic mass is 28.3. The molecule has 3 heterocycles. The van der Waals surface area contributed by atoms with Crippen molar-refractivity contribution in [3.63, 3.8) is 0 Å². The number of fused-ring (bicyclic) bond motifs is 1. The normalized spacial score (nSPS) is 12.0. The Hall–Kier alpha value is -2.55. The van der Waals surface area contributed by atoms with Crippen LogP contribution in [-0.2, 0) is 27.2 Å². The molecule has 0 bridgehead atoms. The van der Waals surface area contributed by atoms with Gasteiger partial charge in [-0.2, -0.15) is 4.98 Å². The molecule has 0 saturated heterocycles. The van der Waals surface area contributed by atoms with Crippen LogP contribution in [0, 0.1) is 0 Å². The largest absolute Gasteiger partial charge is 0.467 e. The predicted octanol–water partition coefficient (Wildman–Crippen LogP) is 2.37. The molecule has 9 heteroatoms. The zero-order chi connectivity index (χ0) is 19.8. The van der Waals surface area contributed by atoms with Crippen LogP contribution in [0.3, 0.4) is 0 Å². The lowest BCUT2D eigenvalue weighted by Gasteiger charge is -2.15. The summed E-state index contributed by atoms with van der Waals surface area (Å²) in [5.41, 5.74) is 0.200. The summed E-state index contributed by atoms with van der Waals surface area (Å²) >= 11 is 0. The van der Waals surface area contributed by atoms with Gasteiger partial charge in [0.05, 0.1) is 12.8 Å². The molecule has 0 spiro atoms. The van der Waals surface area contributed by atoms with Crippen molar-refractivity contribution >= 4 is 25.2 Å². The number of imidazole rings is 1. The standard InChI is InChI=1S/C18H27N5O3Si/c1-21-14-15(20-17(21)19-12-13-8-6-10-26-13)22(2)18(25)23(16(14)24)9-7-11-27(3,4)5/h6,8,10H,7,9,11-12H2,1-5H3,(H,19,20). The lowest BCUT2D eigenvalue weighted by atomic mass is 10.4. The molecule has 0 aromatic carbocycles. The first-order chi connectivity index (χ1) is 12.7. The van der Waals surface area contributed by atoms with Crippen LogP contribution < -0.4 is 16.6 Å². The number of rotatable bonds is 7. The van der Waals surface area contributed by atoms with Crippen molar-refractivity contribution in [1.29, 1.82) is 0 Å². The average Bonchev–Trinajstić information content (AvgIpc) is 3.21. The molecule has 8 nitrogen and oxygen atoms in total. The molecule has 3 aromatic heterocycles. The van der Waals surface area contributed by atoms with Crippen LogP contribution in [0.2, 0.25) is 25.7 Å². The van der Waals surface area contributed by atoms with Gasteiger partial charge in [-0.1, -0.05) is 25.7 Å². The number of anilines is 1. The zero-order valence-corrected chi connectivity index (χ0v) is 17.6. The molecular formula is C18H27N5O3Si. The van der Waals surface area contributed by atoms with Crippen LogP contribution >= 0.6 is 0 Å². The fourth-order valence-corrected chi connectivity index (χ4v) is 4.36. The smallest absolute Gasteiger partial charge is 0.332 e. The molecule has 0 atom stereocenters. The summed E-state index contributed by atoms with van der Waals surface area (Å²) in [4.78, 5) is 30.1. The minimum atomic E-state index is -1.22. The summed E-state index contributed by atoms with van der Waals surface area (Å²) in [7, 11) is 2.21. The Kier molecular flexibility index (Phi) is 5.14. The maximum Gasteiger partial charge on any atom is 0.332 e. The van der Waals surface area contributed by atoms with Gasteiger partial charge < -0.3 is 14.3 Å². The van der Waals surface area contributed by atoms with Gasteiger partial charge in [0.2, 0.25) is 5.95 Å². The molecule has 1 N–H and O–H groups in total. The summed E-state index contributed by atoms with van der Waals surface area (Å²) in [5, 5.41) is 3.16. The van der Waals surface area contributed by atoms with E-state index >= 15 is 0 Å². The van der Waals surface area contributed by atoms with Gasteiger partial charge in [0.25, 0.3) is 5.56 Å². The number of nitrogens with one attached hydrogen (secondary N) is 1. The fraction of sp³-hybridized carbons (Fsp3) is 0.500. The van der Waals surface area contributed by atoms with Crippen molar-refractivity contribution in [3.8, 4) is 0 Å². The second-order valence-corrected chi connectivity index (χ2v) is 13.7. The molecule has 0 aliphatic rings. The van der Waals surface area contributed by atoms with Gasteiger partial charge in [-0.15, -0.1) is 0 Å². The van der Waals surface area contributed by atoms with E-state index < -0.39 is 8.07 Å². The second kappa shape index (κ2) is 7.22. The van der Waals surface area contributed by atoms with E-state index in [1.807, 2.05) is 12.1 Å². The highest BCUT2D eigenvalue weighted by molar-refractivity contribution is 6.76. The van der Waals surface area contributed by atoms with Crippen LogP contribution in [0.25, 0.3) is 11.2 Å². The predicted molar refractivity (Wildman–Crippen MR) is 109 cm³/mol. The maximum atomic E-state index is 13.0. The minimum absolute atomic E-state index is 0.287. The van der Waals surface area contributed by atoms with E-state index in [1.165, 1.54) is 9.13 Å². The lowest BCUT2D eigenvalue weighted by molar-refractivity contribution is 0.517. The molecule has 0 unspecified atom stereocenters. The third kappa shape index (κ3) is 3.92. The van der Waals surface area contributed by atoms with Crippen molar-refractivity contribution < 1.29 is 4.42 Å². The van der Waals surface area contributed by atoms with Crippen molar-refractivity contribution in [2.75, 3.05) is 5.32 Å². The average molecular weight is 390 g/mol. The summed E-state index contributed by atoms with van der Waals surface area (Å²) in [6.45, 7) is 7.74. The molecular weight excluding hydrogens is 362 g/mol. The first kappa shape index (κ1) is 19.2.